The van der Waals surface area contributed by atoms with Crippen molar-refractivity contribution in [3.8, 4) is 0 Å². The van der Waals surface area contributed by atoms with Crippen LogP contribution < -0.4 is 16.4 Å². The average Bonchev–Trinajstić information content (AvgIpc) is 2.48. The lowest BCUT2D eigenvalue weighted by atomic mass is 10.1. The monoisotopic (exact) mass is 269 g/mol. The minimum atomic E-state index is -0.199. The molecule has 4 N–H and O–H groups in total. The summed E-state index contributed by atoms with van der Waals surface area (Å²) in [6.07, 6.45) is 0.817. The molecule has 4 nitrogen and oxygen atoms in total. The molecule has 0 bridgehead atoms. The Balaban J connectivity index is 1.77. The Labute approximate surface area is 119 Å². The Morgan fingerprint density at radius 3 is 2.50 bits per heavy atom. The third-order valence-electron chi connectivity index (χ3n) is 2.96. The zero-order valence-electron chi connectivity index (χ0n) is 11.3. The van der Waals surface area contributed by atoms with E-state index in [9.17, 15) is 4.79 Å². The molecule has 2 rings (SSSR count). The van der Waals surface area contributed by atoms with Gasteiger partial charge in [-0.1, -0.05) is 42.5 Å². The van der Waals surface area contributed by atoms with Crippen molar-refractivity contribution < 1.29 is 4.79 Å². The summed E-state index contributed by atoms with van der Waals surface area (Å²) >= 11 is 0. The molecule has 104 valence electrons. The van der Waals surface area contributed by atoms with Gasteiger partial charge in [0.1, 0.15) is 0 Å². The van der Waals surface area contributed by atoms with E-state index in [-0.39, 0.29) is 6.03 Å². The molecule has 4 heteroatoms. The van der Waals surface area contributed by atoms with E-state index in [1.807, 2.05) is 54.6 Å². The Morgan fingerprint density at radius 1 is 1.00 bits per heavy atom. The van der Waals surface area contributed by atoms with Crippen LogP contribution in [0.3, 0.4) is 0 Å². The number of carbonyl (C=O) groups excluding carboxylic acids is 1. The average molecular weight is 269 g/mol. The molecule has 0 fully saturated rings. The van der Waals surface area contributed by atoms with E-state index in [0.29, 0.717) is 13.1 Å². The van der Waals surface area contributed by atoms with Gasteiger partial charge >= 0.3 is 6.03 Å². The lowest BCUT2D eigenvalue weighted by molar-refractivity contribution is 0.252. The van der Waals surface area contributed by atoms with E-state index in [1.165, 1.54) is 5.56 Å². The highest BCUT2D eigenvalue weighted by Gasteiger charge is 2.01. The second-order valence-corrected chi connectivity index (χ2v) is 4.52. The van der Waals surface area contributed by atoms with Gasteiger partial charge in [-0.2, -0.15) is 0 Å². The number of nitrogens with two attached hydrogens (primary N) is 1. The van der Waals surface area contributed by atoms with E-state index in [1.54, 1.807) is 0 Å². The molecule has 2 aromatic rings. The minimum absolute atomic E-state index is 0.199. The fourth-order valence-corrected chi connectivity index (χ4v) is 1.92. The molecular weight excluding hydrogens is 250 g/mol. The normalized spacial score (nSPS) is 10.1. The van der Waals surface area contributed by atoms with Gasteiger partial charge in [-0.05, 0) is 29.7 Å². The van der Waals surface area contributed by atoms with Crippen LogP contribution in [0.25, 0.3) is 0 Å². The molecule has 2 aromatic carbocycles. The third kappa shape index (κ3) is 4.40. The van der Waals surface area contributed by atoms with Crippen molar-refractivity contribution in [2.75, 3.05) is 11.9 Å². The van der Waals surface area contributed by atoms with Gasteiger partial charge in [-0.3, -0.25) is 0 Å². The quantitative estimate of drug-likeness (QED) is 0.780. The predicted molar refractivity (Wildman–Crippen MR) is 81.5 cm³/mol. The smallest absolute Gasteiger partial charge is 0.319 e. The van der Waals surface area contributed by atoms with Crippen molar-refractivity contribution in [1.29, 1.82) is 0 Å². The zero-order chi connectivity index (χ0) is 14.2. The van der Waals surface area contributed by atoms with Gasteiger partial charge in [0.15, 0.2) is 0 Å². The summed E-state index contributed by atoms with van der Waals surface area (Å²) in [5.41, 5.74) is 8.52. The predicted octanol–water partition coefficient (Wildman–Crippen LogP) is 2.51. The van der Waals surface area contributed by atoms with Gasteiger partial charge in [0, 0.05) is 18.8 Å². The Bertz CT molecular complexity index is 555. The first-order valence-corrected chi connectivity index (χ1v) is 6.66. The summed E-state index contributed by atoms with van der Waals surface area (Å²) in [5.74, 6) is 0. The summed E-state index contributed by atoms with van der Waals surface area (Å²) in [5, 5.41) is 5.63. The van der Waals surface area contributed by atoms with Crippen LogP contribution in [0.5, 0.6) is 0 Å². The maximum atomic E-state index is 11.7. The first-order valence-electron chi connectivity index (χ1n) is 6.66. The Morgan fingerprint density at radius 2 is 1.75 bits per heavy atom. The third-order valence-corrected chi connectivity index (χ3v) is 2.96. The zero-order valence-corrected chi connectivity index (χ0v) is 11.3. The van der Waals surface area contributed by atoms with Crippen LogP contribution in [0.15, 0.2) is 54.6 Å². The van der Waals surface area contributed by atoms with Crippen molar-refractivity contribution in [3.63, 3.8) is 0 Å². The van der Waals surface area contributed by atoms with E-state index >= 15 is 0 Å². The summed E-state index contributed by atoms with van der Waals surface area (Å²) in [4.78, 5) is 11.7. The van der Waals surface area contributed by atoms with Crippen molar-refractivity contribution in [1.82, 2.24) is 5.32 Å². The van der Waals surface area contributed by atoms with Gasteiger partial charge in [-0.15, -0.1) is 0 Å². The number of benzene rings is 2. The van der Waals surface area contributed by atoms with Crippen LogP contribution in [-0.4, -0.2) is 12.6 Å². The Kier molecular flexibility index (Phi) is 5.15. The molecule has 0 atom stereocenters. The summed E-state index contributed by atoms with van der Waals surface area (Å²) in [6.45, 7) is 1.07. The number of amides is 2. The van der Waals surface area contributed by atoms with Crippen molar-refractivity contribution >= 4 is 11.7 Å². The van der Waals surface area contributed by atoms with Gasteiger partial charge in [0.05, 0.1) is 0 Å². The number of rotatable bonds is 5. The molecule has 0 heterocycles. The number of urea groups is 1. The second-order valence-electron chi connectivity index (χ2n) is 4.52. The second kappa shape index (κ2) is 7.31. The largest absolute Gasteiger partial charge is 0.338 e. The lowest BCUT2D eigenvalue weighted by Gasteiger charge is -2.08. The molecule has 0 aliphatic rings. The molecule has 0 aromatic heterocycles. The molecule has 0 aliphatic heterocycles. The van der Waals surface area contributed by atoms with Crippen molar-refractivity contribution in [2.24, 2.45) is 5.73 Å². The van der Waals surface area contributed by atoms with Gasteiger partial charge in [0.2, 0.25) is 0 Å². The van der Waals surface area contributed by atoms with Crippen LogP contribution in [0, 0.1) is 0 Å². The van der Waals surface area contributed by atoms with Crippen LogP contribution in [0.1, 0.15) is 11.1 Å². The summed E-state index contributed by atoms with van der Waals surface area (Å²) in [6, 6.07) is 17.4. The maximum absolute atomic E-state index is 11.7. The minimum Gasteiger partial charge on any atom is -0.338 e. The number of hydrogen-bond donors (Lipinski definition) is 3. The molecule has 0 spiro atoms. The fraction of sp³-hybridized carbons (Fsp3) is 0.188. The number of anilines is 1. The van der Waals surface area contributed by atoms with Crippen molar-refractivity contribution in [2.45, 2.75) is 13.0 Å². The van der Waals surface area contributed by atoms with Crippen LogP contribution >= 0.6 is 0 Å². The molecular formula is C16H19N3O. The van der Waals surface area contributed by atoms with E-state index in [4.69, 9.17) is 5.73 Å². The van der Waals surface area contributed by atoms with E-state index in [0.717, 1.165) is 17.7 Å². The molecule has 0 aliphatic carbocycles. The van der Waals surface area contributed by atoms with Crippen molar-refractivity contribution in [3.05, 3.63) is 65.7 Å². The molecule has 0 radical (unpaired) electrons. The van der Waals surface area contributed by atoms with E-state index in [2.05, 4.69) is 10.6 Å². The lowest BCUT2D eigenvalue weighted by Crippen LogP contribution is -2.30. The SMILES string of the molecule is NCc1cccc(NC(=O)NCCc2ccccc2)c1. The molecule has 0 saturated carbocycles. The van der Waals surface area contributed by atoms with Crippen LogP contribution in [-0.2, 0) is 13.0 Å². The fourth-order valence-electron chi connectivity index (χ4n) is 1.92. The van der Waals surface area contributed by atoms with Gasteiger partial charge in [-0.25, -0.2) is 4.79 Å². The molecule has 0 saturated heterocycles. The van der Waals surface area contributed by atoms with E-state index < -0.39 is 0 Å². The number of carbonyl (C=O) groups is 1. The first kappa shape index (κ1) is 14.1. The molecule has 2 amide bonds. The van der Waals surface area contributed by atoms with Gasteiger partial charge in [0.25, 0.3) is 0 Å². The van der Waals surface area contributed by atoms with Gasteiger partial charge < -0.3 is 16.4 Å². The highest BCUT2D eigenvalue weighted by Crippen LogP contribution is 2.09. The van der Waals surface area contributed by atoms with Crippen LogP contribution in [0.4, 0.5) is 10.5 Å². The van der Waals surface area contributed by atoms with Crippen LogP contribution in [0.2, 0.25) is 0 Å². The number of hydrogen-bond acceptors (Lipinski definition) is 2. The number of nitrogens with one attached hydrogen (secondary N) is 2. The summed E-state index contributed by atoms with van der Waals surface area (Å²) < 4.78 is 0. The highest BCUT2D eigenvalue weighted by molar-refractivity contribution is 5.89. The standard InChI is InChI=1S/C16H19N3O/c17-12-14-7-4-8-15(11-14)19-16(20)18-10-9-13-5-2-1-3-6-13/h1-8,11H,9-10,12,17H2,(H2,18,19,20). The molecule has 20 heavy (non-hydrogen) atoms. The molecule has 0 unspecified atom stereocenters. The maximum Gasteiger partial charge on any atom is 0.319 e. The highest BCUT2D eigenvalue weighted by atomic mass is 16.2. The first-order chi connectivity index (χ1) is 9.78. The topological polar surface area (TPSA) is 67.1 Å². The Hall–Kier alpha value is -2.33. The summed E-state index contributed by atoms with van der Waals surface area (Å²) in [7, 11) is 0.